The van der Waals surface area contributed by atoms with Gasteiger partial charge < -0.3 is 15.7 Å². The molecule has 2 saturated heterocycles. The zero-order valence-corrected chi connectivity index (χ0v) is 10.7. The fourth-order valence-corrected chi connectivity index (χ4v) is 5.55. The van der Waals surface area contributed by atoms with Gasteiger partial charge in [-0.2, -0.15) is 0 Å². The van der Waals surface area contributed by atoms with E-state index in [2.05, 4.69) is 0 Å². The van der Waals surface area contributed by atoms with E-state index in [0.717, 1.165) is 0 Å². The second-order valence-electron chi connectivity index (χ2n) is 4.96. The highest BCUT2D eigenvalue weighted by Gasteiger charge is 2.54. The van der Waals surface area contributed by atoms with Gasteiger partial charge in [0, 0.05) is 12.6 Å². The molecule has 3 unspecified atom stereocenters. The molecule has 1 aromatic carbocycles. The maximum absolute atomic E-state index is 11.9. The zero-order chi connectivity index (χ0) is 12.9. The highest BCUT2D eigenvalue weighted by atomic mass is 32.2. The van der Waals surface area contributed by atoms with Gasteiger partial charge in [0.1, 0.15) is 5.75 Å². The highest BCUT2D eigenvalue weighted by molar-refractivity contribution is 7.92. The Morgan fingerprint density at radius 2 is 2.11 bits per heavy atom. The molecule has 2 fully saturated rings. The molecule has 0 amide bonds. The largest absolute Gasteiger partial charge is 0.506 e. The van der Waals surface area contributed by atoms with E-state index < -0.39 is 9.84 Å². The number of para-hydroxylation sites is 2. The van der Waals surface area contributed by atoms with Crippen molar-refractivity contribution < 1.29 is 13.5 Å². The predicted molar refractivity (Wildman–Crippen MR) is 69.4 cm³/mol. The molecule has 18 heavy (non-hydrogen) atoms. The third kappa shape index (κ3) is 1.52. The van der Waals surface area contributed by atoms with Crippen LogP contribution in [0.1, 0.15) is 6.42 Å². The summed E-state index contributed by atoms with van der Waals surface area (Å²) in [5, 5.41) is 9.53. The first-order valence-corrected chi connectivity index (χ1v) is 7.74. The lowest BCUT2D eigenvalue weighted by Crippen LogP contribution is -2.52. The number of phenolic OH excluding ortho intramolecular Hbond substituents is 1. The Balaban J connectivity index is 2.03. The molecule has 2 aliphatic rings. The van der Waals surface area contributed by atoms with Gasteiger partial charge >= 0.3 is 0 Å². The minimum Gasteiger partial charge on any atom is -0.506 e. The van der Waals surface area contributed by atoms with E-state index in [4.69, 9.17) is 5.73 Å². The zero-order valence-electron chi connectivity index (χ0n) is 9.86. The van der Waals surface area contributed by atoms with Crippen molar-refractivity contribution in [3.8, 4) is 5.75 Å². The fourth-order valence-electron chi connectivity index (χ4n) is 3.24. The summed E-state index contributed by atoms with van der Waals surface area (Å²) in [6, 6.07) is 6.74. The van der Waals surface area contributed by atoms with Gasteiger partial charge in [0.2, 0.25) is 0 Å². The number of sulfone groups is 1. The lowest BCUT2D eigenvalue weighted by molar-refractivity contribution is 0.469. The summed E-state index contributed by atoms with van der Waals surface area (Å²) in [6.07, 6.45) is 0.624. The Morgan fingerprint density at radius 1 is 1.39 bits per heavy atom. The van der Waals surface area contributed by atoms with Crippen LogP contribution in [0.25, 0.3) is 0 Å². The molecule has 2 heterocycles. The van der Waals surface area contributed by atoms with E-state index >= 15 is 0 Å². The molecule has 0 radical (unpaired) electrons. The summed E-state index contributed by atoms with van der Waals surface area (Å²) in [5.41, 5.74) is 6.42. The molecule has 2 bridgehead atoms. The second kappa shape index (κ2) is 3.86. The predicted octanol–water partition coefficient (Wildman–Crippen LogP) is 0.0952. The van der Waals surface area contributed by atoms with Gasteiger partial charge in [-0.15, -0.1) is 0 Å². The van der Waals surface area contributed by atoms with Crippen LogP contribution < -0.4 is 10.6 Å². The number of benzene rings is 1. The first kappa shape index (κ1) is 11.8. The van der Waals surface area contributed by atoms with Crippen LogP contribution in [0.2, 0.25) is 0 Å². The summed E-state index contributed by atoms with van der Waals surface area (Å²) in [7, 11) is -3.01. The fraction of sp³-hybridized carbons (Fsp3) is 0.500. The molecule has 3 rings (SSSR count). The van der Waals surface area contributed by atoms with E-state index in [1.807, 2.05) is 17.0 Å². The second-order valence-corrected chi connectivity index (χ2v) is 7.22. The minimum absolute atomic E-state index is 0.0538. The Labute approximate surface area is 106 Å². The number of hydrogen-bond donors (Lipinski definition) is 2. The van der Waals surface area contributed by atoms with Crippen molar-refractivity contribution in [2.45, 2.75) is 23.8 Å². The molecule has 0 saturated carbocycles. The molecule has 3 atom stereocenters. The van der Waals surface area contributed by atoms with E-state index in [-0.39, 0.29) is 35.4 Å². The number of phenols is 1. The van der Waals surface area contributed by atoms with Crippen LogP contribution in [0.5, 0.6) is 5.75 Å². The van der Waals surface area contributed by atoms with Crippen LogP contribution in [0.3, 0.4) is 0 Å². The first-order valence-electron chi connectivity index (χ1n) is 6.02. The van der Waals surface area contributed by atoms with Gasteiger partial charge in [0.15, 0.2) is 9.84 Å². The summed E-state index contributed by atoms with van der Waals surface area (Å²) >= 11 is 0. The van der Waals surface area contributed by atoms with E-state index in [0.29, 0.717) is 12.1 Å². The van der Waals surface area contributed by atoms with Crippen LogP contribution in [-0.2, 0) is 9.84 Å². The van der Waals surface area contributed by atoms with E-state index in [1.54, 1.807) is 12.1 Å². The topological polar surface area (TPSA) is 83.6 Å². The molecule has 0 spiro atoms. The maximum atomic E-state index is 11.9. The van der Waals surface area contributed by atoms with Gasteiger partial charge in [-0.1, -0.05) is 12.1 Å². The summed E-state index contributed by atoms with van der Waals surface area (Å²) in [5.74, 6) is 0.351. The van der Waals surface area contributed by atoms with Crippen molar-refractivity contribution in [3.05, 3.63) is 24.3 Å². The quantitative estimate of drug-likeness (QED) is 0.794. The summed E-state index contributed by atoms with van der Waals surface area (Å²) < 4.78 is 23.8. The Bertz CT molecular complexity index is 572. The smallest absolute Gasteiger partial charge is 0.157 e. The number of anilines is 1. The average Bonchev–Trinajstić information content (AvgIpc) is 2.82. The van der Waals surface area contributed by atoms with E-state index in [1.165, 1.54) is 0 Å². The van der Waals surface area contributed by atoms with Crippen molar-refractivity contribution >= 4 is 15.5 Å². The SMILES string of the molecule is NCC1C2CC(CS2(=O)=O)N1c1ccccc1O. The molecule has 1 aromatic rings. The normalized spacial score (nSPS) is 32.9. The summed E-state index contributed by atoms with van der Waals surface area (Å²) in [6.45, 7) is 0.286. The molecule has 6 heteroatoms. The Hall–Kier alpha value is -1.27. The molecule has 0 aromatic heterocycles. The van der Waals surface area contributed by atoms with Crippen molar-refractivity contribution in [1.29, 1.82) is 0 Å². The maximum Gasteiger partial charge on any atom is 0.157 e. The average molecular weight is 268 g/mol. The lowest BCUT2D eigenvalue weighted by Gasteiger charge is -2.36. The molecular formula is C12H16N2O3S. The molecule has 2 aliphatic heterocycles. The highest BCUT2D eigenvalue weighted by Crippen LogP contribution is 2.43. The third-order valence-electron chi connectivity index (χ3n) is 3.97. The monoisotopic (exact) mass is 268 g/mol. The first-order chi connectivity index (χ1) is 8.54. The summed E-state index contributed by atoms with van der Waals surface area (Å²) in [4.78, 5) is 1.99. The van der Waals surface area contributed by atoms with Crippen LogP contribution >= 0.6 is 0 Å². The number of rotatable bonds is 2. The van der Waals surface area contributed by atoms with Crippen molar-refractivity contribution in [2.75, 3.05) is 17.2 Å². The number of nitrogens with zero attached hydrogens (tertiary/aromatic N) is 1. The minimum atomic E-state index is -3.01. The lowest BCUT2D eigenvalue weighted by atomic mass is 10.2. The van der Waals surface area contributed by atoms with Crippen LogP contribution in [0.4, 0.5) is 5.69 Å². The van der Waals surface area contributed by atoms with Crippen LogP contribution in [0, 0.1) is 0 Å². The number of aromatic hydroxyl groups is 1. The Kier molecular flexibility index (Phi) is 2.53. The van der Waals surface area contributed by atoms with Gasteiger partial charge in [0.05, 0.1) is 22.7 Å². The molecule has 5 nitrogen and oxygen atoms in total. The molecule has 3 N–H and O–H groups in total. The third-order valence-corrected chi connectivity index (χ3v) is 6.25. The molecule has 0 aliphatic carbocycles. The molecular weight excluding hydrogens is 252 g/mol. The molecule has 98 valence electrons. The van der Waals surface area contributed by atoms with Gasteiger partial charge in [0.25, 0.3) is 0 Å². The van der Waals surface area contributed by atoms with Gasteiger partial charge in [-0.25, -0.2) is 8.42 Å². The van der Waals surface area contributed by atoms with Crippen molar-refractivity contribution in [3.63, 3.8) is 0 Å². The van der Waals surface area contributed by atoms with Gasteiger partial charge in [-0.05, 0) is 18.6 Å². The number of nitrogens with two attached hydrogens (primary N) is 1. The van der Waals surface area contributed by atoms with Gasteiger partial charge in [-0.3, -0.25) is 0 Å². The van der Waals surface area contributed by atoms with Crippen molar-refractivity contribution in [1.82, 2.24) is 0 Å². The van der Waals surface area contributed by atoms with E-state index in [9.17, 15) is 13.5 Å². The number of fused-ring (bicyclic) bond motifs is 2. The van der Waals surface area contributed by atoms with Crippen LogP contribution in [0.15, 0.2) is 24.3 Å². The Morgan fingerprint density at radius 3 is 2.78 bits per heavy atom. The number of hydrogen-bond acceptors (Lipinski definition) is 5. The van der Waals surface area contributed by atoms with Crippen LogP contribution in [-0.4, -0.2) is 43.2 Å². The van der Waals surface area contributed by atoms with Crippen molar-refractivity contribution in [2.24, 2.45) is 5.73 Å². The standard InChI is InChI=1S/C12H16N2O3S/c13-6-10-12-5-8(7-18(12,16)17)14(10)9-3-1-2-4-11(9)15/h1-4,8,10,12,15H,5-7,13H2.